The van der Waals surface area contributed by atoms with Crippen molar-refractivity contribution < 1.29 is 18.1 Å². The highest BCUT2D eigenvalue weighted by atomic mass is 32.2. The van der Waals surface area contributed by atoms with Crippen molar-refractivity contribution in [2.75, 3.05) is 22.1 Å². The third kappa shape index (κ3) is 4.68. The van der Waals surface area contributed by atoms with Gasteiger partial charge in [0.15, 0.2) is 4.34 Å². The van der Waals surface area contributed by atoms with E-state index in [1.165, 1.54) is 36.9 Å². The number of hydrogen-bond donors (Lipinski definition) is 1. The first-order valence-corrected chi connectivity index (χ1v) is 10.9. The number of carbonyl (C=O) groups excluding carboxylic acids is 1. The molecular formula is C13H15N5O5S3. The Kier molecular flexibility index (Phi) is 6.15. The topological polar surface area (TPSA) is 135 Å². The van der Waals surface area contributed by atoms with Gasteiger partial charge >= 0.3 is 0 Å². The summed E-state index contributed by atoms with van der Waals surface area (Å²) in [5, 5.41) is 21.3. The minimum absolute atomic E-state index is 0.0198. The molecule has 1 amide bonds. The molecule has 13 heteroatoms. The van der Waals surface area contributed by atoms with Crippen LogP contribution in [0.3, 0.4) is 0 Å². The van der Waals surface area contributed by atoms with E-state index in [0.717, 1.165) is 28.0 Å². The number of amides is 1. The van der Waals surface area contributed by atoms with Crippen molar-refractivity contribution in [1.82, 2.24) is 10.2 Å². The van der Waals surface area contributed by atoms with Crippen LogP contribution in [0.25, 0.3) is 0 Å². The number of nitro benzene ring substituents is 1. The lowest BCUT2D eigenvalue weighted by Gasteiger charge is -2.27. The lowest BCUT2D eigenvalue weighted by molar-refractivity contribution is -0.384. The summed E-state index contributed by atoms with van der Waals surface area (Å²) in [7, 11) is -3.88. The molecule has 0 aliphatic carbocycles. The Balaban J connectivity index is 2.33. The fourth-order valence-corrected chi connectivity index (χ4v) is 4.44. The van der Waals surface area contributed by atoms with Gasteiger partial charge in [0.2, 0.25) is 21.1 Å². The number of nitrogens with zero attached hydrogens (tertiary/aromatic N) is 4. The van der Waals surface area contributed by atoms with Crippen LogP contribution in [-0.2, 0) is 14.8 Å². The summed E-state index contributed by atoms with van der Waals surface area (Å²) < 4.78 is 25.9. The maximum absolute atomic E-state index is 12.5. The van der Waals surface area contributed by atoms with E-state index < -0.39 is 26.9 Å². The van der Waals surface area contributed by atoms with E-state index in [1.807, 2.05) is 6.26 Å². The summed E-state index contributed by atoms with van der Waals surface area (Å²) in [6.45, 7) is 1.38. The molecule has 0 bridgehead atoms. The molecule has 0 fully saturated rings. The average molecular weight is 417 g/mol. The molecule has 0 spiro atoms. The van der Waals surface area contributed by atoms with Crippen molar-refractivity contribution >= 4 is 55.5 Å². The highest BCUT2D eigenvalue weighted by Gasteiger charge is 2.30. The van der Waals surface area contributed by atoms with Crippen LogP contribution in [0.2, 0.25) is 0 Å². The number of carbonyl (C=O) groups is 1. The molecule has 0 aliphatic rings. The number of nitrogens with one attached hydrogen (secondary N) is 1. The van der Waals surface area contributed by atoms with Gasteiger partial charge in [0.05, 0.1) is 16.9 Å². The Hall–Kier alpha value is -2.25. The maximum atomic E-state index is 12.5. The van der Waals surface area contributed by atoms with Crippen molar-refractivity contribution in [3.63, 3.8) is 0 Å². The van der Waals surface area contributed by atoms with Gasteiger partial charge in [-0.05, 0) is 19.2 Å². The molecular weight excluding hydrogens is 402 g/mol. The second-order valence-corrected chi connectivity index (χ2v) is 8.97. The predicted molar refractivity (Wildman–Crippen MR) is 100 cm³/mol. The first-order valence-electron chi connectivity index (χ1n) is 7.05. The number of anilines is 2. The Morgan fingerprint density at radius 1 is 1.42 bits per heavy atom. The van der Waals surface area contributed by atoms with Gasteiger partial charge in [-0.2, -0.15) is 0 Å². The standard InChI is InChI=1S/C13H15N5O5S3/c1-8(11(19)14-12-15-16-13(24-2)25-12)17(26(3,22)23)9-5-4-6-10(7-9)18(20)21/h4-8H,1-3H3,(H,14,15,19)/t8-/m1/s1. The van der Waals surface area contributed by atoms with Crippen LogP contribution in [0.15, 0.2) is 28.6 Å². The SMILES string of the molecule is CSc1nnc(NC(=O)[C@@H](C)N(c2cccc([N+](=O)[O-])c2)S(C)(=O)=O)s1. The van der Waals surface area contributed by atoms with Crippen LogP contribution in [0.1, 0.15) is 6.92 Å². The minimum Gasteiger partial charge on any atom is -0.299 e. The molecule has 0 aliphatic heterocycles. The van der Waals surface area contributed by atoms with Gasteiger partial charge < -0.3 is 0 Å². The number of benzene rings is 1. The van der Waals surface area contributed by atoms with Gasteiger partial charge in [0.25, 0.3) is 5.69 Å². The van der Waals surface area contributed by atoms with E-state index in [4.69, 9.17) is 0 Å². The van der Waals surface area contributed by atoms with Gasteiger partial charge in [0, 0.05) is 12.1 Å². The molecule has 1 atom stereocenters. The Bertz CT molecular complexity index is 930. The molecule has 0 saturated carbocycles. The summed E-state index contributed by atoms with van der Waals surface area (Å²) in [6.07, 6.45) is 2.73. The first kappa shape index (κ1) is 20.1. The maximum Gasteiger partial charge on any atom is 0.271 e. The number of nitro groups is 1. The van der Waals surface area contributed by atoms with Crippen LogP contribution >= 0.6 is 23.1 Å². The zero-order valence-corrected chi connectivity index (χ0v) is 16.4. The summed E-state index contributed by atoms with van der Waals surface area (Å²) >= 11 is 2.51. The van der Waals surface area contributed by atoms with Crippen molar-refractivity contribution in [2.45, 2.75) is 17.3 Å². The largest absolute Gasteiger partial charge is 0.299 e. The number of rotatable bonds is 7. The number of aromatic nitrogens is 2. The summed E-state index contributed by atoms with van der Waals surface area (Å²) in [5.41, 5.74) is -0.260. The second-order valence-electron chi connectivity index (χ2n) is 5.08. The van der Waals surface area contributed by atoms with E-state index in [2.05, 4.69) is 15.5 Å². The molecule has 140 valence electrons. The lowest BCUT2D eigenvalue weighted by atomic mass is 10.2. The van der Waals surface area contributed by atoms with Crippen molar-refractivity contribution in [3.05, 3.63) is 34.4 Å². The van der Waals surface area contributed by atoms with Crippen LogP contribution in [0, 0.1) is 10.1 Å². The summed E-state index contributed by atoms with van der Waals surface area (Å²) in [5.74, 6) is -0.634. The molecule has 1 aromatic carbocycles. The quantitative estimate of drug-likeness (QED) is 0.312. The molecule has 10 nitrogen and oxygen atoms in total. The Morgan fingerprint density at radius 2 is 2.12 bits per heavy atom. The monoisotopic (exact) mass is 417 g/mol. The predicted octanol–water partition coefficient (Wildman–Crippen LogP) is 1.96. The molecule has 2 rings (SSSR count). The molecule has 0 radical (unpaired) electrons. The fraction of sp³-hybridized carbons (Fsp3) is 0.308. The minimum atomic E-state index is -3.88. The summed E-state index contributed by atoms with van der Waals surface area (Å²) in [6, 6.07) is 3.91. The van der Waals surface area contributed by atoms with Crippen LogP contribution in [-0.4, -0.2) is 48.0 Å². The number of thioether (sulfide) groups is 1. The van der Waals surface area contributed by atoms with Gasteiger partial charge in [-0.25, -0.2) is 8.42 Å². The van der Waals surface area contributed by atoms with E-state index >= 15 is 0 Å². The van der Waals surface area contributed by atoms with E-state index in [9.17, 15) is 23.3 Å². The van der Waals surface area contributed by atoms with Crippen molar-refractivity contribution in [2.24, 2.45) is 0 Å². The van der Waals surface area contributed by atoms with Gasteiger partial charge in [-0.1, -0.05) is 29.2 Å². The second kappa shape index (κ2) is 7.97. The normalized spacial score (nSPS) is 12.4. The van der Waals surface area contributed by atoms with Crippen LogP contribution < -0.4 is 9.62 Å². The molecule has 1 heterocycles. The van der Waals surface area contributed by atoms with Gasteiger partial charge in [0.1, 0.15) is 6.04 Å². The highest BCUT2D eigenvalue weighted by molar-refractivity contribution is 8.00. The highest BCUT2D eigenvalue weighted by Crippen LogP contribution is 2.27. The molecule has 1 aromatic heterocycles. The van der Waals surface area contributed by atoms with Crippen LogP contribution in [0.5, 0.6) is 0 Å². The van der Waals surface area contributed by atoms with E-state index in [-0.39, 0.29) is 16.5 Å². The van der Waals surface area contributed by atoms with E-state index in [1.54, 1.807) is 0 Å². The van der Waals surface area contributed by atoms with Gasteiger partial charge in [-0.3, -0.25) is 24.5 Å². The van der Waals surface area contributed by atoms with Crippen molar-refractivity contribution in [1.29, 1.82) is 0 Å². The zero-order valence-electron chi connectivity index (χ0n) is 13.9. The third-order valence-corrected chi connectivity index (χ3v) is 6.25. The van der Waals surface area contributed by atoms with E-state index in [0.29, 0.717) is 4.34 Å². The zero-order chi connectivity index (χ0) is 19.5. The average Bonchev–Trinajstić information content (AvgIpc) is 3.01. The molecule has 0 unspecified atom stereocenters. The number of non-ortho nitro benzene ring substituents is 1. The lowest BCUT2D eigenvalue weighted by Crippen LogP contribution is -2.45. The molecule has 1 N–H and O–H groups in total. The van der Waals surface area contributed by atoms with Crippen LogP contribution in [0.4, 0.5) is 16.5 Å². The Labute approximate surface area is 157 Å². The Morgan fingerprint density at radius 3 is 2.65 bits per heavy atom. The molecule has 0 saturated heterocycles. The van der Waals surface area contributed by atoms with Gasteiger partial charge in [-0.15, -0.1) is 10.2 Å². The third-order valence-electron chi connectivity index (χ3n) is 3.19. The number of hydrogen-bond acceptors (Lipinski definition) is 9. The smallest absolute Gasteiger partial charge is 0.271 e. The number of sulfonamides is 1. The fourth-order valence-electron chi connectivity index (χ4n) is 2.11. The molecule has 2 aromatic rings. The summed E-state index contributed by atoms with van der Waals surface area (Å²) in [4.78, 5) is 22.8. The first-order chi connectivity index (χ1) is 12.1. The molecule has 26 heavy (non-hydrogen) atoms. The van der Waals surface area contributed by atoms with Crippen molar-refractivity contribution in [3.8, 4) is 0 Å².